The Hall–Kier alpha value is -2.62. The number of carbonyl (C=O) groups is 4. The van der Waals surface area contributed by atoms with Gasteiger partial charge in [-0.25, -0.2) is 0 Å². The molecule has 2 saturated heterocycles. The summed E-state index contributed by atoms with van der Waals surface area (Å²) in [5.41, 5.74) is 0.928. The highest BCUT2D eigenvalue weighted by Crippen LogP contribution is 2.43. The van der Waals surface area contributed by atoms with Crippen molar-refractivity contribution < 1.29 is 24.3 Å². The molecule has 192 valence electrons. The topological polar surface area (TPSA) is 132 Å². The van der Waals surface area contributed by atoms with Gasteiger partial charge in [-0.15, -0.1) is 0 Å². The highest BCUT2D eigenvalue weighted by molar-refractivity contribution is 6.38. The number of aliphatic hydroxyl groups is 1. The maximum atomic E-state index is 13.6. The smallest absolute Gasteiger partial charge is 0.271 e. The monoisotopic (exact) mass is 534 g/mol. The van der Waals surface area contributed by atoms with Gasteiger partial charge in [0.25, 0.3) is 5.91 Å². The van der Waals surface area contributed by atoms with Crippen LogP contribution in [-0.4, -0.2) is 70.3 Å². The fourth-order valence-corrected chi connectivity index (χ4v) is 6.62. The van der Waals surface area contributed by atoms with Crippen LogP contribution in [0, 0.1) is 17.8 Å². The van der Waals surface area contributed by atoms with Crippen molar-refractivity contribution in [3.63, 3.8) is 0 Å². The molecule has 3 amide bonds. The molecule has 3 heterocycles. The first-order valence-corrected chi connectivity index (χ1v) is 13.0. The average Bonchev–Trinajstić information content (AvgIpc) is 3.61. The first kappa shape index (κ1) is 25.0. The summed E-state index contributed by atoms with van der Waals surface area (Å²) in [7, 11) is 0. The van der Waals surface area contributed by atoms with Crippen molar-refractivity contribution in [2.75, 3.05) is 19.7 Å². The van der Waals surface area contributed by atoms with Crippen LogP contribution in [-0.2, 0) is 14.4 Å². The Kier molecular flexibility index (Phi) is 6.98. The largest absolute Gasteiger partial charge is 0.389 e. The number of hydrogen-bond acceptors (Lipinski definition) is 5. The maximum absolute atomic E-state index is 13.6. The molecular formula is C25H28Cl2N4O5. The normalized spacial score (nSPS) is 26.2. The van der Waals surface area contributed by atoms with Gasteiger partial charge < -0.3 is 25.6 Å². The number of ketones is 1. The van der Waals surface area contributed by atoms with Crippen molar-refractivity contribution >= 4 is 57.6 Å². The number of aromatic nitrogens is 1. The lowest BCUT2D eigenvalue weighted by Gasteiger charge is -2.29. The van der Waals surface area contributed by atoms with Crippen LogP contribution in [0.2, 0.25) is 10.0 Å². The molecule has 1 aromatic heterocycles. The quantitative estimate of drug-likeness (QED) is 0.432. The van der Waals surface area contributed by atoms with Gasteiger partial charge in [0.15, 0.2) is 5.78 Å². The fraction of sp³-hybridized carbons (Fsp3) is 0.520. The van der Waals surface area contributed by atoms with Crippen LogP contribution in [0.3, 0.4) is 0 Å². The van der Waals surface area contributed by atoms with Crippen molar-refractivity contribution in [1.29, 1.82) is 0 Å². The van der Waals surface area contributed by atoms with Gasteiger partial charge in [0.05, 0.1) is 11.1 Å². The Bertz CT molecular complexity index is 1230. The number of carbonyl (C=O) groups excluding carboxylic acids is 4. The molecule has 3 fully saturated rings. The van der Waals surface area contributed by atoms with Gasteiger partial charge >= 0.3 is 0 Å². The predicted molar refractivity (Wildman–Crippen MR) is 134 cm³/mol. The third-order valence-corrected chi connectivity index (χ3v) is 8.38. The van der Waals surface area contributed by atoms with Crippen molar-refractivity contribution in [2.24, 2.45) is 17.8 Å². The molecule has 0 spiro atoms. The van der Waals surface area contributed by atoms with Crippen LogP contribution >= 0.6 is 23.2 Å². The predicted octanol–water partition coefficient (Wildman–Crippen LogP) is 2.29. The molecule has 3 aliphatic rings. The molecule has 4 N–H and O–H groups in total. The van der Waals surface area contributed by atoms with Gasteiger partial charge in [-0.3, -0.25) is 19.2 Å². The molecule has 36 heavy (non-hydrogen) atoms. The molecule has 2 aromatic rings. The number of nitrogens with one attached hydrogen (secondary N) is 3. The Morgan fingerprint density at radius 2 is 1.97 bits per heavy atom. The minimum absolute atomic E-state index is 0.0176. The van der Waals surface area contributed by atoms with E-state index in [0.717, 1.165) is 19.3 Å². The number of amides is 3. The van der Waals surface area contributed by atoms with E-state index in [-0.39, 0.29) is 30.1 Å². The maximum Gasteiger partial charge on any atom is 0.271 e. The van der Waals surface area contributed by atoms with E-state index in [0.29, 0.717) is 46.2 Å². The number of Topliss-reactive ketones (excluding diaryl/α,β-unsaturated/α-hetero) is 1. The zero-order valence-corrected chi connectivity index (χ0v) is 21.1. The second kappa shape index (κ2) is 10.0. The third kappa shape index (κ3) is 4.60. The number of fused-ring (bicyclic) bond motifs is 2. The second-order valence-electron chi connectivity index (χ2n) is 9.99. The number of halogens is 2. The number of benzene rings is 1. The fourth-order valence-electron chi connectivity index (χ4n) is 6.07. The van der Waals surface area contributed by atoms with Crippen LogP contribution in [0.4, 0.5) is 0 Å². The molecule has 1 aliphatic carbocycles. The molecule has 1 saturated carbocycles. The number of likely N-dealkylation sites (tertiary alicyclic amines) is 1. The summed E-state index contributed by atoms with van der Waals surface area (Å²) >= 11 is 12.4. The van der Waals surface area contributed by atoms with Gasteiger partial charge in [0.2, 0.25) is 11.8 Å². The van der Waals surface area contributed by atoms with E-state index in [4.69, 9.17) is 23.2 Å². The molecule has 5 atom stereocenters. The average molecular weight is 535 g/mol. The standard InChI is InChI=1S/C25H28Cl2N4O5/c26-14-7-17(27)16-9-20(29-18(16)8-14)25(36)31-10-13-2-1-3-15(13)22(31)24(35)30-19(21(33)11-32)6-12-4-5-28-23(12)34/h7-9,12-13,15,19,22,29,32H,1-6,10-11H2,(H,28,34)(H,30,35)/t12-,13-,15-,19-,22-/m0/s1. The van der Waals surface area contributed by atoms with E-state index in [1.165, 1.54) is 0 Å². The van der Waals surface area contributed by atoms with Crippen molar-refractivity contribution in [1.82, 2.24) is 20.5 Å². The molecule has 2 aliphatic heterocycles. The van der Waals surface area contributed by atoms with Crippen LogP contribution < -0.4 is 10.6 Å². The van der Waals surface area contributed by atoms with Gasteiger partial charge in [-0.05, 0) is 55.7 Å². The minimum Gasteiger partial charge on any atom is -0.389 e. The number of rotatable bonds is 7. The van der Waals surface area contributed by atoms with E-state index in [9.17, 15) is 24.3 Å². The number of hydrogen-bond donors (Lipinski definition) is 4. The summed E-state index contributed by atoms with van der Waals surface area (Å²) in [6, 6.07) is 3.21. The third-order valence-electron chi connectivity index (χ3n) is 7.85. The SMILES string of the molecule is O=C1NCC[C@H]1C[C@H](NC(=O)[C@@H]1[C@H]2CCC[C@H]2CN1C(=O)c1cc2c(Cl)cc(Cl)cc2[nH]1)C(=O)CO. The molecule has 0 unspecified atom stereocenters. The number of aromatic amines is 1. The number of aliphatic hydroxyl groups excluding tert-OH is 1. The molecule has 11 heteroatoms. The van der Waals surface area contributed by atoms with Crippen LogP contribution in [0.1, 0.15) is 42.6 Å². The summed E-state index contributed by atoms with van der Waals surface area (Å²) < 4.78 is 0. The van der Waals surface area contributed by atoms with E-state index < -0.39 is 36.3 Å². The lowest BCUT2D eigenvalue weighted by Crippen LogP contribution is -2.53. The number of nitrogens with zero attached hydrogens (tertiary/aromatic N) is 1. The summed E-state index contributed by atoms with van der Waals surface area (Å²) in [4.78, 5) is 56.4. The van der Waals surface area contributed by atoms with Crippen molar-refractivity contribution in [3.8, 4) is 0 Å². The first-order chi connectivity index (χ1) is 17.3. The second-order valence-corrected chi connectivity index (χ2v) is 10.8. The first-order valence-electron chi connectivity index (χ1n) is 12.3. The Morgan fingerprint density at radius 1 is 1.17 bits per heavy atom. The minimum atomic E-state index is -0.997. The highest BCUT2D eigenvalue weighted by atomic mass is 35.5. The Balaban J connectivity index is 1.40. The van der Waals surface area contributed by atoms with Crippen LogP contribution in [0.15, 0.2) is 18.2 Å². The van der Waals surface area contributed by atoms with Gasteiger partial charge in [-0.2, -0.15) is 0 Å². The van der Waals surface area contributed by atoms with E-state index >= 15 is 0 Å². The Labute approximate surface area is 217 Å². The molecule has 5 rings (SSSR count). The lowest BCUT2D eigenvalue weighted by molar-refractivity contribution is -0.133. The van der Waals surface area contributed by atoms with Crippen LogP contribution in [0.25, 0.3) is 10.9 Å². The zero-order valence-electron chi connectivity index (χ0n) is 19.6. The van der Waals surface area contributed by atoms with Crippen molar-refractivity contribution in [2.45, 2.75) is 44.2 Å². The summed E-state index contributed by atoms with van der Waals surface area (Å²) in [5.74, 6) is -1.70. The highest BCUT2D eigenvalue weighted by Gasteiger charge is 2.50. The van der Waals surface area contributed by atoms with Crippen molar-refractivity contribution in [3.05, 3.63) is 33.9 Å². The molecule has 0 bridgehead atoms. The summed E-state index contributed by atoms with van der Waals surface area (Å²) in [6.07, 6.45) is 3.39. The molecule has 9 nitrogen and oxygen atoms in total. The van der Waals surface area contributed by atoms with Gasteiger partial charge in [-0.1, -0.05) is 29.6 Å². The zero-order chi connectivity index (χ0) is 25.6. The van der Waals surface area contributed by atoms with E-state index in [1.54, 1.807) is 23.1 Å². The van der Waals surface area contributed by atoms with Crippen LogP contribution in [0.5, 0.6) is 0 Å². The summed E-state index contributed by atoms with van der Waals surface area (Å²) in [6.45, 7) is 0.220. The van der Waals surface area contributed by atoms with E-state index in [1.807, 2.05) is 0 Å². The Morgan fingerprint density at radius 3 is 2.69 bits per heavy atom. The summed E-state index contributed by atoms with van der Waals surface area (Å²) in [5, 5.41) is 16.5. The number of H-pyrrole nitrogens is 1. The molecule has 1 aromatic carbocycles. The van der Waals surface area contributed by atoms with Gasteiger partial charge in [0, 0.05) is 34.9 Å². The molecule has 0 radical (unpaired) electrons. The van der Waals surface area contributed by atoms with Gasteiger partial charge in [0.1, 0.15) is 18.3 Å². The van der Waals surface area contributed by atoms with E-state index in [2.05, 4.69) is 15.6 Å². The molecular weight excluding hydrogens is 507 g/mol. The lowest BCUT2D eigenvalue weighted by atomic mass is 9.92.